The lowest BCUT2D eigenvalue weighted by Gasteiger charge is -2.05. The molecule has 0 saturated heterocycles. The number of aryl methyl sites for hydroxylation is 1. The average molecular weight is 347 g/mol. The van der Waals surface area contributed by atoms with Crippen molar-refractivity contribution in [1.29, 1.82) is 0 Å². The molecular weight excluding hydrogens is 334 g/mol. The number of hydrogen-bond donors (Lipinski definition) is 1. The minimum Gasteiger partial charge on any atom is -0.422 e. The minimum atomic E-state index is -0.681. The highest BCUT2D eigenvalue weighted by molar-refractivity contribution is 6.05. The van der Waals surface area contributed by atoms with E-state index in [4.69, 9.17) is 8.94 Å². The van der Waals surface area contributed by atoms with Crippen LogP contribution in [0, 0.1) is 6.92 Å². The van der Waals surface area contributed by atoms with Crippen molar-refractivity contribution in [1.82, 2.24) is 10.1 Å². The van der Waals surface area contributed by atoms with Gasteiger partial charge in [-0.25, -0.2) is 4.79 Å². The summed E-state index contributed by atoms with van der Waals surface area (Å²) in [5, 5.41) is 7.10. The van der Waals surface area contributed by atoms with Crippen LogP contribution in [0.2, 0.25) is 0 Å². The van der Waals surface area contributed by atoms with Gasteiger partial charge in [-0.2, -0.15) is 4.98 Å². The van der Waals surface area contributed by atoms with Crippen LogP contribution in [-0.2, 0) is 0 Å². The largest absolute Gasteiger partial charge is 0.422 e. The van der Waals surface area contributed by atoms with Gasteiger partial charge in [0.2, 0.25) is 0 Å². The van der Waals surface area contributed by atoms with Gasteiger partial charge in [0, 0.05) is 16.6 Å². The van der Waals surface area contributed by atoms with Crippen molar-refractivity contribution in [2.75, 3.05) is 5.32 Å². The van der Waals surface area contributed by atoms with Crippen molar-refractivity contribution >= 4 is 22.6 Å². The van der Waals surface area contributed by atoms with Crippen molar-refractivity contribution < 1.29 is 13.7 Å². The van der Waals surface area contributed by atoms with Crippen LogP contribution in [0.3, 0.4) is 0 Å². The predicted octanol–water partition coefficient (Wildman–Crippen LogP) is 3.40. The zero-order valence-corrected chi connectivity index (χ0v) is 13.7. The van der Waals surface area contributed by atoms with Crippen molar-refractivity contribution in [3.05, 3.63) is 76.4 Å². The summed E-state index contributed by atoms with van der Waals surface area (Å²) in [5.41, 5.74) is 0.962. The summed E-state index contributed by atoms with van der Waals surface area (Å²) in [5.74, 6) is 0.404. The molecule has 0 aliphatic carbocycles. The van der Waals surface area contributed by atoms with Gasteiger partial charge in [-0.1, -0.05) is 23.4 Å². The lowest BCUT2D eigenvalue weighted by Crippen LogP contribution is -2.20. The maximum Gasteiger partial charge on any atom is 0.349 e. The molecule has 4 rings (SSSR count). The van der Waals surface area contributed by atoms with Crippen LogP contribution in [-0.4, -0.2) is 16.0 Å². The van der Waals surface area contributed by atoms with E-state index >= 15 is 0 Å². The Bertz CT molecular complexity index is 1160. The van der Waals surface area contributed by atoms with Gasteiger partial charge in [0.05, 0.1) is 0 Å². The predicted molar refractivity (Wildman–Crippen MR) is 94.9 cm³/mol. The topological polar surface area (TPSA) is 98.2 Å². The summed E-state index contributed by atoms with van der Waals surface area (Å²) in [6.45, 7) is 1.73. The Labute approximate surface area is 147 Å². The number of carbonyl (C=O) groups is 1. The summed E-state index contributed by atoms with van der Waals surface area (Å²) in [7, 11) is 0. The number of benzene rings is 2. The molecule has 0 fully saturated rings. The number of hydrogen-bond acceptors (Lipinski definition) is 6. The molecule has 0 aliphatic heterocycles. The summed E-state index contributed by atoms with van der Waals surface area (Å²) in [6, 6.07) is 15.4. The molecule has 0 bridgehead atoms. The van der Waals surface area contributed by atoms with Gasteiger partial charge in [0.1, 0.15) is 11.1 Å². The van der Waals surface area contributed by atoms with Gasteiger partial charge < -0.3 is 14.3 Å². The Morgan fingerprint density at radius 1 is 1.08 bits per heavy atom. The first kappa shape index (κ1) is 15.8. The maximum atomic E-state index is 12.4. The highest BCUT2D eigenvalue weighted by Gasteiger charge is 2.14. The second-order valence-corrected chi connectivity index (χ2v) is 5.66. The quantitative estimate of drug-likeness (QED) is 0.570. The SMILES string of the molecule is Cc1noc(-c2ccc(NC(=O)c3cc4ccccc4oc3=O)cc2)n1. The molecule has 7 heteroatoms. The molecule has 26 heavy (non-hydrogen) atoms. The van der Waals surface area contributed by atoms with Crippen molar-refractivity contribution in [3.8, 4) is 11.5 Å². The van der Waals surface area contributed by atoms with Crippen LogP contribution in [0.5, 0.6) is 0 Å². The standard InChI is InChI=1S/C19H13N3O4/c1-11-20-18(26-22-11)12-6-8-14(9-7-12)21-17(23)15-10-13-4-2-3-5-16(13)25-19(15)24/h2-10H,1H3,(H,21,23). The third kappa shape index (κ3) is 2.98. The van der Waals surface area contributed by atoms with E-state index in [9.17, 15) is 9.59 Å². The molecule has 0 atom stereocenters. The second kappa shape index (κ2) is 6.29. The first-order valence-electron chi connectivity index (χ1n) is 7.85. The third-order valence-corrected chi connectivity index (χ3v) is 3.80. The van der Waals surface area contributed by atoms with E-state index in [1.165, 1.54) is 6.07 Å². The zero-order chi connectivity index (χ0) is 18.1. The molecule has 0 unspecified atom stereocenters. The second-order valence-electron chi connectivity index (χ2n) is 5.66. The van der Waals surface area contributed by atoms with E-state index in [1.807, 2.05) is 6.07 Å². The number of fused-ring (bicyclic) bond motifs is 1. The van der Waals surface area contributed by atoms with Crippen LogP contribution >= 0.6 is 0 Å². The maximum absolute atomic E-state index is 12.4. The molecule has 0 radical (unpaired) electrons. The molecule has 128 valence electrons. The highest BCUT2D eigenvalue weighted by Crippen LogP contribution is 2.20. The minimum absolute atomic E-state index is 0.0553. The fourth-order valence-corrected chi connectivity index (χ4v) is 2.53. The van der Waals surface area contributed by atoms with Gasteiger partial charge in [-0.3, -0.25) is 4.79 Å². The Kier molecular flexibility index (Phi) is 3.81. The van der Waals surface area contributed by atoms with E-state index in [0.29, 0.717) is 28.4 Å². The number of anilines is 1. The molecule has 2 aromatic carbocycles. The number of amides is 1. The van der Waals surface area contributed by atoms with Gasteiger partial charge in [-0.15, -0.1) is 0 Å². The molecular formula is C19H13N3O4. The molecule has 1 N–H and O–H groups in total. The van der Waals surface area contributed by atoms with E-state index in [1.54, 1.807) is 49.4 Å². The van der Waals surface area contributed by atoms with Crippen LogP contribution < -0.4 is 10.9 Å². The molecule has 0 aliphatic rings. The first-order chi connectivity index (χ1) is 12.6. The normalized spacial score (nSPS) is 10.8. The molecule has 0 saturated carbocycles. The van der Waals surface area contributed by atoms with Crippen molar-refractivity contribution in [2.45, 2.75) is 6.92 Å². The van der Waals surface area contributed by atoms with Gasteiger partial charge in [-0.05, 0) is 43.3 Å². The monoisotopic (exact) mass is 347 g/mol. The number of aromatic nitrogens is 2. The third-order valence-electron chi connectivity index (χ3n) is 3.80. The van der Waals surface area contributed by atoms with Gasteiger partial charge in [0.25, 0.3) is 11.8 Å². The summed E-state index contributed by atoms with van der Waals surface area (Å²) in [6.07, 6.45) is 0. The van der Waals surface area contributed by atoms with Crippen molar-refractivity contribution in [3.63, 3.8) is 0 Å². The van der Waals surface area contributed by atoms with Crippen LogP contribution in [0.1, 0.15) is 16.2 Å². The number of nitrogens with one attached hydrogen (secondary N) is 1. The van der Waals surface area contributed by atoms with Crippen LogP contribution in [0.25, 0.3) is 22.4 Å². The lowest BCUT2D eigenvalue weighted by molar-refractivity contribution is 0.102. The fourth-order valence-electron chi connectivity index (χ4n) is 2.53. The van der Waals surface area contributed by atoms with Crippen molar-refractivity contribution in [2.24, 2.45) is 0 Å². The molecule has 2 heterocycles. The Balaban J connectivity index is 1.58. The number of nitrogens with zero attached hydrogens (tertiary/aromatic N) is 2. The van der Waals surface area contributed by atoms with E-state index in [2.05, 4.69) is 15.5 Å². The highest BCUT2D eigenvalue weighted by atomic mass is 16.5. The molecule has 1 amide bonds. The molecule has 7 nitrogen and oxygen atoms in total. The Morgan fingerprint density at radius 2 is 1.85 bits per heavy atom. The lowest BCUT2D eigenvalue weighted by atomic mass is 10.1. The zero-order valence-electron chi connectivity index (χ0n) is 13.7. The van der Waals surface area contributed by atoms with E-state index in [-0.39, 0.29) is 5.56 Å². The van der Waals surface area contributed by atoms with Gasteiger partial charge >= 0.3 is 5.63 Å². The van der Waals surface area contributed by atoms with E-state index < -0.39 is 11.5 Å². The smallest absolute Gasteiger partial charge is 0.349 e. The number of rotatable bonds is 3. The molecule has 0 spiro atoms. The van der Waals surface area contributed by atoms with E-state index in [0.717, 1.165) is 5.56 Å². The molecule has 2 aromatic heterocycles. The molecule has 4 aromatic rings. The van der Waals surface area contributed by atoms with Crippen LogP contribution in [0.4, 0.5) is 5.69 Å². The Morgan fingerprint density at radius 3 is 2.58 bits per heavy atom. The number of para-hydroxylation sites is 1. The Hall–Kier alpha value is -3.74. The number of carbonyl (C=O) groups excluding carboxylic acids is 1. The van der Waals surface area contributed by atoms with Gasteiger partial charge in [0.15, 0.2) is 5.82 Å². The fraction of sp³-hybridized carbons (Fsp3) is 0.0526. The first-order valence-corrected chi connectivity index (χ1v) is 7.85. The summed E-state index contributed by atoms with van der Waals surface area (Å²) < 4.78 is 10.3. The van der Waals surface area contributed by atoms with Crippen LogP contribution in [0.15, 0.2) is 68.3 Å². The summed E-state index contributed by atoms with van der Waals surface area (Å²) in [4.78, 5) is 28.6. The average Bonchev–Trinajstić information content (AvgIpc) is 3.08. The summed E-state index contributed by atoms with van der Waals surface area (Å²) >= 11 is 0.